The summed E-state index contributed by atoms with van der Waals surface area (Å²) in [5.41, 5.74) is 0.323. The molecule has 1 heterocycles. The Morgan fingerprint density at radius 3 is 2.81 bits per heavy atom. The maximum atomic E-state index is 13.9. The molecule has 0 spiro atoms. The third kappa shape index (κ3) is 4.73. The molecule has 1 aliphatic rings. The number of ether oxygens (including phenoxy) is 2. The predicted octanol–water partition coefficient (Wildman–Crippen LogP) is 3.06. The van der Waals surface area contributed by atoms with Gasteiger partial charge in [0.05, 0.1) is 12.6 Å². The highest BCUT2D eigenvalue weighted by molar-refractivity contribution is 5.22. The molecule has 1 atom stereocenters. The Kier molecular flexibility index (Phi) is 6.54. The van der Waals surface area contributed by atoms with Crippen LogP contribution in [0.25, 0.3) is 0 Å². The summed E-state index contributed by atoms with van der Waals surface area (Å²) < 4.78 is 38.2. The fourth-order valence-corrected chi connectivity index (χ4v) is 2.56. The lowest BCUT2D eigenvalue weighted by molar-refractivity contribution is 0.0150. The molecule has 3 nitrogen and oxygen atoms in total. The van der Waals surface area contributed by atoms with E-state index < -0.39 is 11.6 Å². The van der Waals surface area contributed by atoms with Gasteiger partial charge in [-0.25, -0.2) is 8.78 Å². The van der Waals surface area contributed by atoms with E-state index in [0.29, 0.717) is 31.2 Å². The number of likely N-dealkylation sites (N-methyl/N-ethyl adjacent to an activating group) is 1. The van der Waals surface area contributed by atoms with Crippen molar-refractivity contribution in [3.8, 4) is 0 Å². The van der Waals surface area contributed by atoms with Crippen molar-refractivity contribution in [1.82, 2.24) is 5.32 Å². The first-order chi connectivity index (χ1) is 10.2. The number of halogens is 2. The van der Waals surface area contributed by atoms with Crippen molar-refractivity contribution in [2.24, 2.45) is 5.92 Å². The van der Waals surface area contributed by atoms with Crippen LogP contribution in [0.3, 0.4) is 0 Å². The first-order valence-electron chi connectivity index (χ1n) is 7.55. The molecule has 1 aromatic rings. The van der Waals surface area contributed by atoms with Crippen molar-refractivity contribution in [3.63, 3.8) is 0 Å². The summed E-state index contributed by atoms with van der Waals surface area (Å²) in [6.45, 7) is 5.14. The summed E-state index contributed by atoms with van der Waals surface area (Å²) >= 11 is 0. The lowest BCUT2D eigenvalue weighted by atomic mass is 10.0. The van der Waals surface area contributed by atoms with E-state index in [2.05, 4.69) is 5.32 Å². The SMILES string of the molecule is CCNC(COCC1CCOCC1)c1cccc(F)c1F. The van der Waals surface area contributed by atoms with Crippen molar-refractivity contribution < 1.29 is 18.3 Å². The second-order valence-corrected chi connectivity index (χ2v) is 5.35. The van der Waals surface area contributed by atoms with Gasteiger partial charge < -0.3 is 14.8 Å². The molecule has 1 N–H and O–H groups in total. The van der Waals surface area contributed by atoms with Crippen LogP contribution < -0.4 is 5.32 Å². The Balaban J connectivity index is 1.90. The van der Waals surface area contributed by atoms with Gasteiger partial charge in [-0.3, -0.25) is 0 Å². The van der Waals surface area contributed by atoms with Gasteiger partial charge in [0.2, 0.25) is 0 Å². The van der Waals surface area contributed by atoms with Gasteiger partial charge in [0.15, 0.2) is 11.6 Å². The Bertz CT molecular complexity index is 436. The van der Waals surface area contributed by atoms with Crippen LogP contribution in [-0.4, -0.2) is 33.0 Å². The minimum absolute atomic E-state index is 0.323. The van der Waals surface area contributed by atoms with Gasteiger partial charge in [0, 0.05) is 25.4 Å². The summed E-state index contributed by atoms with van der Waals surface area (Å²) in [6.07, 6.45) is 2.00. The Morgan fingerprint density at radius 2 is 2.10 bits per heavy atom. The van der Waals surface area contributed by atoms with E-state index in [1.807, 2.05) is 6.92 Å². The van der Waals surface area contributed by atoms with E-state index in [-0.39, 0.29) is 6.04 Å². The van der Waals surface area contributed by atoms with Crippen LogP contribution in [0.1, 0.15) is 31.4 Å². The zero-order chi connectivity index (χ0) is 15.1. The van der Waals surface area contributed by atoms with Crippen molar-refractivity contribution in [3.05, 3.63) is 35.4 Å². The molecule has 1 aliphatic heterocycles. The molecule has 1 aromatic carbocycles. The van der Waals surface area contributed by atoms with Gasteiger partial charge in [-0.2, -0.15) is 0 Å². The largest absolute Gasteiger partial charge is 0.381 e. The minimum Gasteiger partial charge on any atom is -0.381 e. The van der Waals surface area contributed by atoms with E-state index in [1.54, 1.807) is 6.07 Å². The van der Waals surface area contributed by atoms with Gasteiger partial charge in [-0.05, 0) is 31.4 Å². The topological polar surface area (TPSA) is 30.5 Å². The third-order valence-electron chi connectivity index (χ3n) is 3.79. The second-order valence-electron chi connectivity index (χ2n) is 5.35. The number of benzene rings is 1. The summed E-state index contributed by atoms with van der Waals surface area (Å²) in [5, 5.41) is 3.15. The quantitative estimate of drug-likeness (QED) is 0.839. The predicted molar refractivity (Wildman–Crippen MR) is 77.1 cm³/mol. The number of rotatable bonds is 7. The van der Waals surface area contributed by atoms with Crippen LogP contribution in [0.4, 0.5) is 8.78 Å². The molecule has 0 aliphatic carbocycles. The minimum atomic E-state index is -0.820. The molecule has 1 saturated heterocycles. The number of hydrogen-bond acceptors (Lipinski definition) is 3. The van der Waals surface area contributed by atoms with Crippen molar-refractivity contribution in [2.75, 3.05) is 33.0 Å². The van der Waals surface area contributed by atoms with Crippen LogP contribution in [0, 0.1) is 17.6 Å². The van der Waals surface area contributed by atoms with Crippen LogP contribution in [0.2, 0.25) is 0 Å². The van der Waals surface area contributed by atoms with E-state index >= 15 is 0 Å². The van der Waals surface area contributed by atoms with E-state index in [1.165, 1.54) is 6.07 Å². The smallest absolute Gasteiger partial charge is 0.163 e. The normalized spacial score (nSPS) is 17.9. The molecule has 118 valence electrons. The highest BCUT2D eigenvalue weighted by Crippen LogP contribution is 2.21. The van der Waals surface area contributed by atoms with Crippen LogP contribution >= 0.6 is 0 Å². The molecule has 1 unspecified atom stereocenters. The number of nitrogens with one attached hydrogen (secondary N) is 1. The summed E-state index contributed by atoms with van der Waals surface area (Å²) in [7, 11) is 0. The van der Waals surface area contributed by atoms with E-state index in [9.17, 15) is 8.78 Å². The van der Waals surface area contributed by atoms with Gasteiger partial charge in [-0.15, -0.1) is 0 Å². The highest BCUT2D eigenvalue weighted by Gasteiger charge is 2.19. The molecule has 2 rings (SSSR count). The second kappa shape index (κ2) is 8.41. The van der Waals surface area contributed by atoms with Crippen molar-refractivity contribution in [2.45, 2.75) is 25.8 Å². The monoisotopic (exact) mass is 299 g/mol. The first kappa shape index (κ1) is 16.3. The first-order valence-corrected chi connectivity index (χ1v) is 7.55. The summed E-state index contributed by atoms with van der Waals surface area (Å²) in [5.74, 6) is -1.11. The van der Waals surface area contributed by atoms with Crippen LogP contribution in [0.5, 0.6) is 0 Å². The zero-order valence-electron chi connectivity index (χ0n) is 12.4. The molecule has 0 aromatic heterocycles. The Hall–Kier alpha value is -1.04. The summed E-state index contributed by atoms with van der Waals surface area (Å²) in [4.78, 5) is 0. The molecule has 1 fully saturated rings. The third-order valence-corrected chi connectivity index (χ3v) is 3.79. The van der Waals surface area contributed by atoms with Gasteiger partial charge in [0.25, 0.3) is 0 Å². The summed E-state index contributed by atoms with van der Waals surface area (Å²) in [6, 6.07) is 3.93. The highest BCUT2D eigenvalue weighted by atomic mass is 19.2. The maximum Gasteiger partial charge on any atom is 0.163 e. The molecule has 21 heavy (non-hydrogen) atoms. The fourth-order valence-electron chi connectivity index (χ4n) is 2.56. The molecular weight excluding hydrogens is 276 g/mol. The molecule has 5 heteroatoms. The van der Waals surface area contributed by atoms with Gasteiger partial charge in [-0.1, -0.05) is 19.1 Å². The Labute approximate surface area is 124 Å². The van der Waals surface area contributed by atoms with Gasteiger partial charge in [0.1, 0.15) is 0 Å². The molecule has 0 saturated carbocycles. The zero-order valence-corrected chi connectivity index (χ0v) is 12.4. The van der Waals surface area contributed by atoms with Gasteiger partial charge >= 0.3 is 0 Å². The average Bonchev–Trinajstić information content (AvgIpc) is 2.50. The van der Waals surface area contributed by atoms with Crippen molar-refractivity contribution >= 4 is 0 Å². The lowest BCUT2D eigenvalue weighted by Crippen LogP contribution is -2.28. The maximum absolute atomic E-state index is 13.9. The molecular formula is C16H23F2NO2. The lowest BCUT2D eigenvalue weighted by Gasteiger charge is -2.24. The number of hydrogen-bond donors (Lipinski definition) is 1. The molecule has 0 amide bonds. The van der Waals surface area contributed by atoms with Crippen molar-refractivity contribution in [1.29, 1.82) is 0 Å². The van der Waals surface area contributed by atoms with E-state index in [4.69, 9.17) is 9.47 Å². The van der Waals surface area contributed by atoms with Crippen LogP contribution in [-0.2, 0) is 9.47 Å². The Morgan fingerprint density at radius 1 is 1.33 bits per heavy atom. The fraction of sp³-hybridized carbons (Fsp3) is 0.625. The molecule has 0 bridgehead atoms. The molecule has 0 radical (unpaired) electrons. The van der Waals surface area contributed by atoms with E-state index in [0.717, 1.165) is 32.1 Å². The van der Waals surface area contributed by atoms with Crippen LogP contribution in [0.15, 0.2) is 18.2 Å². The standard InChI is InChI=1S/C16H23F2NO2/c1-2-19-15(13-4-3-5-14(17)16(13)18)11-21-10-12-6-8-20-9-7-12/h3-5,12,15,19H,2,6-11H2,1H3. The average molecular weight is 299 g/mol.